The van der Waals surface area contributed by atoms with Crippen LogP contribution in [0, 0.1) is 0 Å². The molecular weight excluding hydrogens is 368 g/mol. The fourth-order valence-corrected chi connectivity index (χ4v) is 3.34. The Morgan fingerprint density at radius 2 is 2.07 bits per heavy atom. The fraction of sp³-hybridized carbons (Fsp3) is 0.158. The molecule has 3 heterocycles. The standard InChI is InChI=1S/C19H15ClN4O3/c1-24-14-8-22-18-15(16(14)23-13(9-27-2)19(24)26)11(7-21-18)17(25)10-5-3-4-6-12(10)20/h3-8H,9H2,1-2H3,(H,21,22). The van der Waals surface area contributed by atoms with Gasteiger partial charge in [0.15, 0.2) is 5.78 Å². The average Bonchev–Trinajstić information content (AvgIpc) is 3.10. The Morgan fingerprint density at radius 1 is 1.30 bits per heavy atom. The Labute approximate surface area is 158 Å². The number of carbonyl (C=O) groups excluding carboxylic acids is 1. The van der Waals surface area contributed by atoms with Gasteiger partial charge < -0.3 is 14.3 Å². The summed E-state index contributed by atoms with van der Waals surface area (Å²) in [5, 5.41) is 0.913. The van der Waals surface area contributed by atoms with Crippen LogP contribution < -0.4 is 5.56 Å². The van der Waals surface area contributed by atoms with E-state index in [1.807, 2.05) is 0 Å². The van der Waals surface area contributed by atoms with Gasteiger partial charge in [-0.15, -0.1) is 0 Å². The van der Waals surface area contributed by atoms with Crippen molar-refractivity contribution in [1.82, 2.24) is 19.5 Å². The highest BCUT2D eigenvalue weighted by molar-refractivity contribution is 6.35. The van der Waals surface area contributed by atoms with Crippen LogP contribution in [0.5, 0.6) is 0 Å². The van der Waals surface area contributed by atoms with Crippen molar-refractivity contribution >= 4 is 39.5 Å². The number of aromatic nitrogens is 4. The lowest BCUT2D eigenvalue weighted by Gasteiger charge is -2.09. The second kappa shape index (κ2) is 6.61. The predicted molar refractivity (Wildman–Crippen MR) is 102 cm³/mol. The minimum atomic E-state index is -0.264. The number of fused-ring (bicyclic) bond motifs is 3. The van der Waals surface area contributed by atoms with E-state index in [4.69, 9.17) is 16.3 Å². The van der Waals surface area contributed by atoms with Crippen LogP contribution in [0.4, 0.5) is 0 Å². The van der Waals surface area contributed by atoms with Gasteiger partial charge >= 0.3 is 0 Å². The molecule has 0 atom stereocenters. The summed E-state index contributed by atoms with van der Waals surface area (Å²) in [7, 11) is 3.14. The fourth-order valence-electron chi connectivity index (χ4n) is 3.11. The quantitative estimate of drug-likeness (QED) is 0.548. The maximum Gasteiger partial charge on any atom is 0.274 e. The highest BCUT2D eigenvalue weighted by atomic mass is 35.5. The lowest BCUT2D eigenvalue weighted by molar-refractivity contribution is 0.104. The molecular formula is C19H15ClN4O3. The molecule has 0 aliphatic heterocycles. The largest absolute Gasteiger partial charge is 0.378 e. The molecule has 0 spiro atoms. The first-order chi connectivity index (χ1) is 13.0. The van der Waals surface area contributed by atoms with E-state index < -0.39 is 0 Å². The van der Waals surface area contributed by atoms with Crippen LogP contribution in [0.25, 0.3) is 22.1 Å². The van der Waals surface area contributed by atoms with Gasteiger partial charge in [-0.3, -0.25) is 9.59 Å². The van der Waals surface area contributed by atoms with E-state index >= 15 is 0 Å². The Hall–Kier alpha value is -3.03. The lowest BCUT2D eigenvalue weighted by Crippen LogP contribution is -2.24. The van der Waals surface area contributed by atoms with Crippen LogP contribution in [0.3, 0.4) is 0 Å². The number of aromatic amines is 1. The van der Waals surface area contributed by atoms with Crippen LogP contribution in [-0.4, -0.2) is 32.4 Å². The van der Waals surface area contributed by atoms with Crippen LogP contribution in [-0.2, 0) is 18.4 Å². The Kier molecular flexibility index (Phi) is 4.25. The zero-order valence-electron chi connectivity index (χ0n) is 14.6. The average molecular weight is 383 g/mol. The van der Waals surface area contributed by atoms with Crippen LogP contribution in [0.1, 0.15) is 21.6 Å². The van der Waals surface area contributed by atoms with E-state index in [0.29, 0.717) is 38.2 Å². The van der Waals surface area contributed by atoms with Crippen molar-refractivity contribution in [1.29, 1.82) is 0 Å². The van der Waals surface area contributed by atoms with Crippen molar-refractivity contribution in [2.45, 2.75) is 6.61 Å². The number of methoxy groups -OCH3 is 1. The molecule has 0 bridgehead atoms. The molecule has 0 amide bonds. The van der Waals surface area contributed by atoms with Gasteiger partial charge in [-0.2, -0.15) is 0 Å². The molecule has 4 rings (SSSR count). The smallest absolute Gasteiger partial charge is 0.274 e. The molecule has 4 aromatic rings. The summed E-state index contributed by atoms with van der Waals surface area (Å²) >= 11 is 6.19. The molecule has 0 unspecified atom stereocenters. The van der Waals surface area contributed by atoms with Crippen molar-refractivity contribution in [2.24, 2.45) is 7.05 Å². The van der Waals surface area contributed by atoms with E-state index in [9.17, 15) is 9.59 Å². The first-order valence-electron chi connectivity index (χ1n) is 8.16. The second-order valence-electron chi connectivity index (χ2n) is 6.08. The third-order valence-corrected chi connectivity index (χ3v) is 4.79. The van der Waals surface area contributed by atoms with Crippen LogP contribution in [0.15, 0.2) is 41.5 Å². The third kappa shape index (κ3) is 2.72. The molecule has 0 radical (unpaired) electrons. The first-order valence-corrected chi connectivity index (χ1v) is 8.54. The molecule has 136 valence electrons. The molecule has 1 N–H and O–H groups in total. The first kappa shape index (κ1) is 17.4. The Balaban J connectivity index is 2.05. The number of nitrogens with one attached hydrogen (secondary N) is 1. The van der Waals surface area contributed by atoms with Gasteiger partial charge in [-0.05, 0) is 12.1 Å². The number of ether oxygens (including phenoxy) is 1. The summed E-state index contributed by atoms with van der Waals surface area (Å²) in [5.41, 5.74) is 2.32. The molecule has 0 saturated carbocycles. The number of aryl methyl sites for hydroxylation is 1. The molecule has 0 fully saturated rings. The summed E-state index contributed by atoms with van der Waals surface area (Å²) in [6.07, 6.45) is 3.15. The Bertz CT molecular complexity index is 1260. The number of halogens is 1. The summed E-state index contributed by atoms with van der Waals surface area (Å²) in [5.74, 6) is -0.245. The summed E-state index contributed by atoms with van der Waals surface area (Å²) < 4.78 is 6.54. The molecule has 0 aliphatic rings. The molecule has 3 aromatic heterocycles. The van der Waals surface area contributed by atoms with Crippen molar-refractivity contribution in [3.8, 4) is 0 Å². The van der Waals surface area contributed by atoms with Gasteiger partial charge in [0, 0.05) is 25.9 Å². The van der Waals surface area contributed by atoms with E-state index in [1.54, 1.807) is 43.7 Å². The third-order valence-electron chi connectivity index (χ3n) is 4.46. The summed E-state index contributed by atoms with van der Waals surface area (Å²) in [6.45, 7) is 0.0741. The maximum atomic E-state index is 13.1. The van der Waals surface area contributed by atoms with Gasteiger partial charge in [0.25, 0.3) is 5.56 Å². The molecule has 27 heavy (non-hydrogen) atoms. The molecule has 0 saturated heterocycles. The second-order valence-corrected chi connectivity index (χ2v) is 6.49. The number of benzene rings is 1. The zero-order chi connectivity index (χ0) is 19.1. The SMILES string of the molecule is COCc1nc2c3c(C(=O)c4ccccc4Cl)c[nH]c3ncc2n(C)c1=O. The van der Waals surface area contributed by atoms with Crippen molar-refractivity contribution in [3.63, 3.8) is 0 Å². The number of hydrogen-bond donors (Lipinski definition) is 1. The number of pyridine rings is 1. The topological polar surface area (TPSA) is 89.9 Å². The van der Waals surface area contributed by atoms with Crippen LogP contribution in [0.2, 0.25) is 5.02 Å². The number of carbonyl (C=O) groups is 1. The normalized spacial score (nSPS) is 11.4. The summed E-state index contributed by atoms with van der Waals surface area (Å²) in [4.78, 5) is 37.3. The lowest BCUT2D eigenvalue weighted by atomic mass is 10.0. The summed E-state index contributed by atoms with van der Waals surface area (Å²) in [6, 6.07) is 6.85. The van der Waals surface area contributed by atoms with Crippen molar-refractivity contribution < 1.29 is 9.53 Å². The van der Waals surface area contributed by atoms with Gasteiger partial charge in [-0.25, -0.2) is 9.97 Å². The molecule has 7 nitrogen and oxygen atoms in total. The van der Waals surface area contributed by atoms with E-state index in [-0.39, 0.29) is 23.6 Å². The van der Waals surface area contributed by atoms with E-state index in [1.165, 1.54) is 11.7 Å². The minimum Gasteiger partial charge on any atom is -0.378 e. The monoisotopic (exact) mass is 382 g/mol. The van der Waals surface area contributed by atoms with Crippen molar-refractivity contribution in [2.75, 3.05) is 7.11 Å². The minimum absolute atomic E-state index is 0.0741. The highest BCUT2D eigenvalue weighted by Gasteiger charge is 2.21. The van der Waals surface area contributed by atoms with Gasteiger partial charge in [0.2, 0.25) is 0 Å². The van der Waals surface area contributed by atoms with Gasteiger partial charge in [0.1, 0.15) is 16.9 Å². The number of hydrogen-bond acceptors (Lipinski definition) is 5. The number of ketones is 1. The Morgan fingerprint density at radius 3 is 2.81 bits per heavy atom. The number of rotatable bonds is 4. The van der Waals surface area contributed by atoms with E-state index in [2.05, 4.69) is 15.0 Å². The zero-order valence-corrected chi connectivity index (χ0v) is 15.4. The number of H-pyrrole nitrogens is 1. The molecule has 8 heteroatoms. The predicted octanol–water partition coefficient (Wildman–Crippen LogP) is 2.84. The van der Waals surface area contributed by atoms with Crippen molar-refractivity contribution in [3.05, 3.63) is 68.9 Å². The van der Waals surface area contributed by atoms with Gasteiger partial charge in [0.05, 0.1) is 34.3 Å². The molecule has 1 aromatic carbocycles. The maximum absolute atomic E-state index is 13.1. The van der Waals surface area contributed by atoms with Gasteiger partial charge in [-0.1, -0.05) is 23.7 Å². The number of nitrogens with zero attached hydrogens (tertiary/aromatic N) is 3. The highest BCUT2D eigenvalue weighted by Crippen LogP contribution is 2.28. The molecule has 0 aliphatic carbocycles. The van der Waals surface area contributed by atoms with Crippen LogP contribution >= 0.6 is 11.6 Å². The van der Waals surface area contributed by atoms with E-state index in [0.717, 1.165) is 0 Å².